The van der Waals surface area contributed by atoms with Crippen LogP contribution in [0.25, 0.3) is 0 Å². The number of hydrogen-bond acceptors (Lipinski definition) is 5. The monoisotopic (exact) mass is 339 g/mol. The summed E-state index contributed by atoms with van der Waals surface area (Å²) in [5, 5.41) is 9.12. The van der Waals surface area contributed by atoms with Gasteiger partial charge >= 0.3 is 11.9 Å². The SMILES string of the molecule is CC(C)COC(C)OC(=O)[C@H]1[C@@H]2C[C@H](F)[C@@](N)(C(=O)O)[C@@H]21.Cl. The number of hydrogen-bond donors (Lipinski definition) is 2. The van der Waals surface area contributed by atoms with Crippen molar-refractivity contribution in [3.05, 3.63) is 0 Å². The Morgan fingerprint density at radius 1 is 1.41 bits per heavy atom. The van der Waals surface area contributed by atoms with Gasteiger partial charge in [0.25, 0.3) is 0 Å². The molecule has 0 aliphatic heterocycles. The van der Waals surface area contributed by atoms with Crippen molar-refractivity contribution in [2.45, 2.75) is 45.2 Å². The number of rotatable bonds is 6. The van der Waals surface area contributed by atoms with Gasteiger partial charge in [-0.2, -0.15) is 0 Å². The van der Waals surface area contributed by atoms with E-state index < -0.39 is 41.8 Å². The number of esters is 1. The van der Waals surface area contributed by atoms with Crippen LogP contribution in [-0.4, -0.2) is 41.7 Å². The second-order valence-corrected chi connectivity index (χ2v) is 6.39. The predicted octanol–water partition coefficient (Wildman–Crippen LogP) is 1.36. The summed E-state index contributed by atoms with van der Waals surface area (Å²) in [6, 6.07) is 0. The topological polar surface area (TPSA) is 98.9 Å². The lowest BCUT2D eigenvalue weighted by Crippen LogP contribution is -2.56. The highest BCUT2D eigenvalue weighted by molar-refractivity contribution is 5.86. The molecule has 0 bridgehead atoms. The number of carbonyl (C=O) groups is 2. The minimum absolute atomic E-state index is 0. The van der Waals surface area contributed by atoms with E-state index in [-0.39, 0.29) is 24.7 Å². The Kier molecular flexibility index (Phi) is 5.81. The van der Waals surface area contributed by atoms with Crippen LogP contribution in [0.3, 0.4) is 0 Å². The van der Waals surface area contributed by atoms with Crippen LogP contribution in [0.15, 0.2) is 0 Å². The summed E-state index contributed by atoms with van der Waals surface area (Å²) >= 11 is 0. The summed E-state index contributed by atoms with van der Waals surface area (Å²) in [5.74, 6) is -3.31. The largest absolute Gasteiger partial charge is 0.480 e. The highest BCUT2D eigenvalue weighted by Gasteiger charge is 2.74. The van der Waals surface area contributed by atoms with E-state index in [9.17, 15) is 14.0 Å². The van der Waals surface area contributed by atoms with Gasteiger partial charge in [-0.05, 0) is 25.2 Å². The molecule has 2 aliphatic carbocycles. The first-order valence-corrected chi connectivity index (χ1v) is 7.18. The van der Waals surface area contributed by atoms with Crippen LogP contribution in [0, 0.1) is 23.7 Å². The van der Waals surface area contributed by atoms with Crippen LogP contribution >= 0.6 is 12.4 Å². The molecule has 0 heterocycles. The molecule has 0 amide bonds. The van der Waals surface area contributed by atoms with Crippen LogP contribution < -0.4 is 5.73 Å². The van der Waals surface area contributed by atoms with Crippen molar-refractivity contribution >= 4 is 24.3 Å². The second kappa shape index (κ2) is 6.68. The van der Waals surface area contributed by atoms with Crippen molar-refractivity contribution in [2.24, 2.45) is 29.4 Å². The third kappa shape index (κ3) is 3.21. The van der Waals surface area contributed by atoms with E-state index in [0.717, 1.165) is 0 Å². The minimum Gasteiger partial charge on any atom is -0.480 e. The lowest BCUT2D eigenvalue weighted by atomic mass is 9.90. The first-order valence-electron chi connectivity index (χ1n) is 7.18. The Hall–Kier alpha value is -0.920. The summed E-state index contributed by atoms with van der Waals surface area (Å²) in [4.78, 5) is 23.2. The fraction of sp³-hybridized carbons (Fsp3) is 0.857. The molecule has 0 spiro atoms. The predicted molar refractivity (Wildman–Crippen MR) is 78.1 cm³/mol. The highest BCUT2D eigenvalue weighted by atomic mass is 35.5. The van der Waals surface area contributed by atoms with Gasteiger partial charge in [-0.15, -0.1) is 12.4 Å². The first kappa shape index (κ1) is 19.1. The first-order chi connectivity index (χ1) is 9.69. The van der Waals surface area contributed by atoms with E-state index in [2.05, 4.69) is 0 Å². The van der Waals surface area contributed by atoms with Gasteiger partial charge in [0.05, 0.1) is 12.5 Å². The number of aliphatic carboxylic acids is 1. The standard InChI is InChI=1S/C14H22FNO5.ClH/c1-6(2)5-20-7(3)21-12(17)10-8-4-9(15)14(16,11(8)10)13(18)19;/h6-11H,4-5,16H2,1-3H3,(H,18,19);1H/t7?,8-,9-,10-,11-,14-;/m0./s1. The molecule has 2 rings (SSSR count). The summed E-state index contributed by atoms with van der Waals surface area (Å²) in [7, 11) is 0. The van der Waals surface area contributed by atoms with Crippen molar-refractivity contribution < 1.29 is 28.6 Å². The number of carbonyl (C=O) groups excluding carboxylic acids is 1. The quantitative estimate of drug-likeness (QED) is 0.560. The van der Waals surface area contributed by atoms with Gasteiger partial charge < -0.3 is 20.3 Å². The molecule has 0 radical (unpaired) electrons. The number of carboxylic acid groups (broad SMARTS) is 1. The zero-order valence-electron chi connectivity index (χ0n) is 12.8. The van der Waals surface area contributed by atoms with Crippen LogP contribution in [0.4, 0.5) is 4.39 Å². The molecule has 0 saturated heterocycles. The Balaban J connectivity index is 0.00000242. The van der Waals surface area contributed by atoms with E-state index in [1.807, 2.05) is 13.8 Å². The van der Waals surface area contributed by atoms with Gasteiger partial charge in [0.1, 0.15) is 11.7 Å². The van der Waals surface area contributed by atoms with Gasteiger partial charge in [-0.1, -0.05) is 13.8 Å². The molecule has 2 aliphatic rings. The lowest BCUT2D eigenvalue weighted by molar-refractivity contribution is -0.179. The van der Waals surface area contributed by atoms with Crippen molar-refractivity contribution in [1.82, 2.24) is 0 Å². The van der Waals surface area contributed by atoms with Gasteiger partial charge in [0, 0.05) is 5.92 Å². The molecule has 22 heavy (non-hydrogen) atoms. The summed E-state index contributed by atoms with van der Waals surface area (Å²) in [5.41, 5.74) is 3.70. The van der Waals surface area contributed by atoms with Gasteiger partial charge in [0.2, 0.25) is 0 Å². The molecule has 0 aromatic carbocycles. The molecule has 1 unspecified atom stereocenters. The highest BCUT2D eigenvalue weighted by Crippen LogP contribution is 2.62. The Morgan fingerprint density at radius 2 is 2.00 bits per heavy atom. The Morgan fingerprint density at radius 3 is 2.50 bits per heavy atom. The smallest absolute Gasteiger partial charge is 0.327 e. The molecule has 0 aromatic rings. The van der Waals surface area contributed by atoms with Crippen molar-refractivity contribution in [3.63, 3.8) is 0 Å². The van der Waals surface area contributed by atoms with E-state index in [1.54, 1.807) is 6.92 Å². The molecule has 3 N–H and O–H groups in total. The van der Waals surface area contributed by atoms with Gasteiger partial charge in [-0.25, -0.2) is 4.39 Å². The molecular weight excluding hydrogens is 317 g/mol. The van der Waals surface area contributed by atoms with Crippen LogP contribution in [0.5, 0.6) is 0 Å². The molecule has 128 valence electrons. The maximum atomic E-state index is 13.7. The maximum Gasteiger partial charge on any atom is 0.327 e. The zero-order valence-corrected chi connectivity index (χ0v) is 13.6. The summed E-state index contributed by atoms with van der Waals surface area (Å²) in [6.07, 6.45) is -2.34. The number of carboxylic acids is 1. The summed E-state index contributed by atoms with van der Waals surface area (Å²) in [6.45, 7) is 5.99. The average molecular weight is 340 g/mol. The number of fused-ring (bicyclic) bond motifs is 1. The van der Waals surface area contributed by atoms with E-state index >= 15 is 0 Å². The summed E-state index contributed by atoms with van der Waals surface area (Å²) < 4.78 is 24.2. The van der Waals surface area contributed by atoms with E-state index in [0.29, 0.717) is 12.5 Å². The number of halogens is 2. The van der Waals surface area contributed by atoms with E-state index in [1.165, 1.54) is 0 Å². The normalized spacial score (nSPS) is 37.2. The van der Waals surface area contributed by atoms with Crippen LogP contribution in [0.1, 0.15) is 27.2 Å². The Bertz CT molecular complexity index is 449. The van der Waals surface area contributed by atoms with Crippen molar-refractivity contribution in [2.75, 3.05) is 6.61 Å². The second-order valence-electron chi connectivity index (χ2n) is 6.39. The fourth-order valence-corrected chi connectivity index (χ4v) is 3.16. The molecule has 8 heteroatoms. The Labute approximate surface area is 134 Å². The van der Waals surface area contributed by atoms with Crippen LogP contribution in [0.2, 0.25) is 0 Å². The van der Waals surface area contributed by atoms with E-state index in [4.69, 9.17) is 20.3 Å². The number of alkyl halides is 1. The van der Waals surface area contributed by atoms with Gasteiger partial charge in [-0.3, -0.25) is 9.59 Å². The lowest BCUT2D eigenvalue weighted by Gasteiger charge is -2.25. The van der Waals surface area contributed by atoms with Gasteiger partial charge in [0.15, 0.2) is 6.29 Å². The molecule has 2 saturated carbocycles. The zero-order chi connectivity index (χ0) is 15.9. The fourth-order valence-electron chi connectivity index (χ4n) is 3.16. The molecule has 6 atom stereocenters. The van der Waals surface area contributed by atoms with Crippen molar-refractivity contribution in [1.29, 1.82) is 0 Å². The molecule has 6 nitrogen and oxygen atoms in total. The molecule has 0 aromatic heterocycles. The number of ether oxygens (including phenoxy) is 2. The maximum absolute atomic E-state index is 13.7. The molecule has 2 fully saturated rings. The third-order valence-electron chi connectivity index (χ3n) is 4.31. The average Bonchev–Trinajstić information content (AvgIpc) is 3.02. The number of nitrogens with two attached hydrogens (primary N) is 1. The minimum atomic E-state index is -1.98. The van der Waals surface area contributed by atoms with Crippen molar-refractivity contribution in [3.8, 4) is 0 Å². The third-order valence-corrected chi connectivity index (χ3v) is 4.31. The van der Waals surface area contributed by atoms with Crippen LogP contribution in [-0.2, 0) is 19.1 Å². The molecular formula is C14H23ClFNO5.